The average molecular weight is 613 g/mol. The highest BCUT2D eigenvalue weighted by molar-refractivity contribution is 8.00. The van der Waals surface area contributed by atoms with Crippen molar-refractivity contribution >= 4 is 44.3 Å². The van der Waals surface area contributed by atoms with Gasteiger partial charge in [-0.1, -0.05) is 36.9 Å². The van der Waals surface area contributed by atoms with Gasteiger partial charge in [0.25, 0.3) is 5.56 Å². The normalized spacial score (nSPS) is 12.1. The number of anilines is 1. The number of aryl methyl sites for hydroxylation is 1. The van der Waals surface area contributed by atoms with Gasteiger partial charge in [-0.25, -0.2) is 18.5 Å². The summed E-state index contributed by atoms with van der Waals surface area (Å²) in [5.74, 6) is 1.17. The highest BCUT2D eigenvalue weighted by Crippen LogP contribution is 2.32. The third-order valence-electron chi connectivity index (χ3n) is 6.55. The van der Waals surface area contributed by atoms with Gasteiger partial charge in [-0.3, -0.25) is 14.2 Å². The molecule has 4 aromatic rings. The van der Waals surface area contributed by atoms with E-state index < -0.39 is 15.3 Å². The minimum absolute atomic E-state index is 0.000844. The standard InChI is InChI=1S/C29H32N4O7S2/c1-5-26(27(34)31-19-7-6-8-20(15-19)38-2)41-29-32-23-17-25(40-4)24(39-3)16-22(23)28(35)33(29)14-13-18-9-11-21(12-10-18)42(30,36)37/h6-12,15-17,26H,5,13-14H2,1-4H3,(H,31,34)(H2,30,36,37)/t26-/m1/s1. The molecule has 3 N–H and O–H groups in total. The van der Waals surface area contributed by atoms with Crippen LogP contribution in [0.4, 0.5) is 5.69 Å². The van der Waals surface area contributed by atoms with Crippen molar-refractivity contribution in [2.45, 2.75) is 41.6 Å². The summed E-state index contributed by atoms with van der Waals surface area (Å²) in [7, 11) is 0.709. The van der Waals surface area contributed by atoms with Crippen LogP contribution in [0.5, 0.6) is 17.2 Å². The molecule has 0 unspecified atom stereocenters. The van der Waals surface area contributed by atoms with Crippen molar-refractivity contribution in [3.8, 4) is 17.2 Å². The molecule has 1 aromatic heterocycles. The van der Waals surface area contributed by atoms with Gasteiger partial charge >= 0.3 is 0 Å². The van der Waals surface area contributed by atoms with Crippen LogP contribution in [0.1, 0.15) is 18.9 Å². The second-order valence-corrected chi connectivity index (χ2v) is 12.0. The molecule has 11 nitrogen and oxygen atoms in total. The largest absolute Gasteiger partial charge is 0.497 e. The van der Waals surface area contributed by atoms with E-state index in [-0.39, 0.29) is 22.9 Å². The van der Waals surface area contributed by atoms with Crippen molar-refractivity contribution in [1.82, 2.24) is 9.55 Å². The molecule has 0 saturated heterocycles. The lowest BCUT2D eigenvalue weighted by atomic mass is 10.1. The molecule has 1 heterocycles. The number of hydrogen-bond donors (Lipinski definition) is 2. The van der Waals surface area contributed by atoms with Crippen molar-refractivity contribution in [2.75, 3.05) is 26.6 Å². The summed E-state index contributed by atoms with van der Waals surface area (Å²) in [6.07, 6.45) is 0.862. The van der Waals surface area contributed by atoms with E-state index in [2.05, 4.69) is 5.32 Å². The Morgan fingerprint density at radius 3 is 2.33 bits per heavy atom. The topological polar surface area (TPSA) is 152 Å². The van der Waals surface area contributed by atoms with Crippen molar-refractivity contribution in [3.63, 3.8) is 0 Å². The summed E-state index contributed by atoms with van der Waals surface area (Å²) in [6.45, 7) is 2.11. The number of methoxy groups -OCH3 is 3. The van der Waals surface area contributed by atoms with Crippen molar-refractivity contribution in [1.29, 1.82) is 0 Å². The first-order valence-corrected chi connectivity index (χ1v) is 15.4. The molecule has 0 aliphatic rings. The van der Waals surface area contributed by atoms with Crippen LogP contribution < -0.4 is 30.2 Å². The predicted octanol–water partition coefficient (Wildman–Crippen LogP) is 3.82. The van der Waals surface area contributed by atoms with Crippen LogP contribution in [0.2, 0.25) is 0 Å². The van der Waals surface area contributed by atoms with E-state index in [4.69, 9.17) is 24.3 Å². The SMILES string of the molecule is CC[C@@H](Sc1nc2cc(OC)c(OC)cc2c(=O)n1CCc1ccc(S(N)(=O)=O)cc1)C(=O)Nc1cccc(OC)c1. The Morgan fingerprint density at radius 2 is 1.71 bits per heavy atom. The molecule has 0 saturated carbocycles. The van der Waals surface area contributed by atoms with Crippen LogP contribution in [0, 0.1) is 0 Å². The van der Waals surface area contributed by atoms with Gasteiger partial charge in [0.15, 0.2) is 16.7 Å². The molecule has 3 aromatic carbocycles. The van der Waals surface area contributed by atoms with Crippen molar-refractivity contribution in [3.05, 3.63) is 76.6 Å². The Morgan fingerprint density at radius 1 is 1.02 bits per heavy atom. The first kappa shape index (κ1) is 30.9. The summed E-state index contributed by atoms with van der Waals surface area (Å²) in [4.78, 5) is 31.9. The molecule has 13 heteroatoms. The maximum Gasteiger partial charge on any atom is 0.262 e. The smallest absolute Gasteiger partial charge is 0.262 e. The van der Waals surface area contributed by atoms with Gasteiger partial charge < -0.3 is 19.5 Å². The van der Waals surface area contributed by atoms with E-state index in [1.165, 1.54) is 42.7 Å². The zero-order valence-corrected chi connectivity index (χ0v) is 25.3. The molecular weight excluding hydrogens is 580 g/mol. The number of primary sulfonamides is 1. The Labute approximate surface area is 248 Å². The minimum Gasteiger partial charge on any atom is -0.497 e. The number of ether oxygens (including phenoxy) is 3. The first-order valence-electron chi connectivity index (χ1n) is 13.0. The Balaban J connectivity index is 1.71. The summed E-state index contributed by atoms with van der Waals surface area (Å²) < 4.78 is 40.8. The maximum atomic E-state index is 13.8. The zero-order chi connectivity index (χ0) is 30.4. The predicted molar refractivity (Wildman–Crippen MR) is 162 cm³/mol. The molecule has 1 amide bonds. The van der Waals surface area contributed by atoms with Crippen LogP contribution in [0.25, 0.3) is 10.9 Å². The fourth-order valence-corrected chi connectivity index (χ4v) is 5.83. The second kappa shape index (κ2) is 13.3. The molecule has 0 aliphatic heterocycles. The first-order chi connectivity index (χ1) is 20.1. The van der Waals surface area contributed by atoms with Crippen LogP contribution in [-0.4, -0.2) is 50.5 Å². The van der Waals surface area contributed by atoms with Gasteiger partial charge in [-0.2, -0.15) is 0 Å². The van der Waals surface area contributed by atoms with Crippen molar-refractivity contribution in [2.24, 2.45) is 5.14 Å². The van der Waals surface area contributed by atoms with Gasteiger partial charge in [0.1, 0.15) is 5.75 Å². The number of aromatic nitrogens is 2. The summed E-state index contributed by atoms with van der Waals surface area (Å²) in [6, 6.07) is 16.4. The van der Waals surface area contributed by atoms with E-state index >= 15 is 0 Å². The Kier molecular flexibility index (Phi) is 9.76. The number of thioether (sulfide) groups is 1. The number of sulfonamides is 1. The number of rotatable bonds is 12. The van der Waals surface area contributed by atoms with Gasteiger partial charge in [0.2, 0.25) is 15.9 Å². The maximum absolute atomic E-state index is 13.8. The number of carbonyl (C=O) groups is 1. The highest BCUT2D eigenvalue weighted by Gasteiger charge is 2.23. The van der Waals surface area contributed by atoms with Gasteiger partial charge in [-0.05, 0) is 48.7 Å². The molecular formula is C29H32N4O7S2. The highest BCUT2D eigenvalue weighted by atomic mass is 32.2. The van der Waals surface area contributed by atoms with Gasteiger partial charge in [0.05, 0.1) is 42.4 Å². The molecule has 0 radical (unpaired) electrons. The molecule has 0 fully saturated rings. The lowest BCUT2D eigenvalue weighted by Crippen LogP contribution is -2.28. The lowest BCUT2D eigenvalue weighted by Gasteiger charge is -2.19. The third-order valence-corrected chi connectivity index (χ3v) is 8.83. The van der Waals surface area contributed by atoms with E-state index in [0.29, 0.717) is 51.8 Å². The Bertz CT molecular complexity index is 1760. The molecule has 222 valence electrons. The van der Waals surface area contributed by atoms with E-state index in [0.717, 1.165) is 5.56 Å². The van der Waals surface area contributed by atoms with Crippen molar-refractivity contribution < 1.29 is 27.4 Å². The number of amides is 1. The van der Waals surface area contributed by atoms with E-state index in [1.54, 1.807) is 55.6 Å². The van der Waals surface area contributed by atoms with Crippen LogP contribution in [0.3, 0.4) is 0 Å². The number of nitrogens with one attached hydrogen (secondary N) is 1. The lowest BCUT2D eigenvalue weighted by molar-refractivity contribution is -0.115. The van der Waals surface area contributed by atoms with Crippen LogP contribution in [-0.2, 0) is 27.8 Å². The van der Waals surface area contributed by atoms with Crippen LogP contribution in [0.15, 0.2) is 75.5 Å². The summed E-state index contributed by atoms with van der Waals surface area (Å²) >= 11 is 1.19. The number of benzene rings is 3. The fraction of sp³-hybridized carbons (Fsp3) is 0.276. The number of nitrogens with two attached hydrogens (primary N) is 1. The minimum atomic E-state index is -3.82. The molecule has 0 aliphatic carbocycles. The quantitative estimate of drug-likeness (QED) is 0.180. The second-order valence-electron chi connectivity index (χ2n) is 9.25. The number of carbonyl (C=O) groups excluding carboxylic acids is 1. The summed E-state index contributed by atoms with van der Waals surface area (Å²) in [5, 5.41) is 8.25. The number of fused-ring (bicyclic) bond motifs is 1. The molecule has 0 spiro atoms. The fourth-order valence-electron chi connectivity index (χ4n) is 4.27. The summed E-state index contributed by atoms with van der Waals surface area (Å²) in [5.41, 5.74) is 1.46. The zero-order valence-electron chi connectivity index (χ0n) is 23.6. The number of nitrogens with zero attached hydrogens (tertiary/aromatic N) is 2. The monoisotopic (exact) mass is 612 g/mol. The molecule has 1 atom stereocenters. The van der Waals surface area contributed by atoms with Gasteiger partial charge in [0, 0.05) is 24.4 Å². The third kappa shape index (κ3) is 7.04. The Hall–Kier alpha value is -4.07. The van der Waals surface area contributed by atoms with E-state index in [1.807, 2.05) is 6.92 Å². The van der Waals surface area contributed by atoms with Crippen LogP contribution >= 0.6 is 11.8 Å². The molecule has 0 bridgehead atoms. The molecule has 4 rings (SSSR count). The average Bonchev–Trinajstić information content (AvgIpc) is 2.98. The number of hydrogen-bond acceptors (Lipinski definition) is 9. The molecule has 42 heavy (non-hydrogen) atoms. The van der Waals surface area contributed by atoms with Gasteiger partial charge in [-0.15, -0.1) is 0 Å². The van der Waals surface area contributed by atoms with E-state index in [9.17, 15) is 18.0 Å².